The minimum Gasteiger partial charge on any atom is -0.477 e. The molecule has 2 N–H and O–H groups in total. The highest BCUT2D eigenvalue weighted by atomic mass is 16.4. The molecule has 0 aromatic carbocycles. The number of carbonyl (C=O) groups is 2. The van der Waals surface area contributed by atoms with Gasteiger partial charge in [0.05, 0.1) is 18.4 Å². The van der Waals surface area contributed by atoms with Crippen LogP contribution in [0.3, 0.4) is 0 Å². The Morgan fingerprint density at radius 1 is 1.39 bits per heavy atom. The van der Waals surface area contributed by atoms with Crippen LogP contribution < -0.4 is 10.2 Å². The second-order valence-corrected chi connectivity index (χ2v) is 3.67. The van der Waals surface area contributed by atoms with Crippen molar-refractivity contribution in [2.45, 2.75) is 13.8 Å². The van der Waals surface area contributed by atoms with Gasteiger partial charge in [0.25, 0.3) is 0 Å². The molecule has 0 aliphatic heterocycles. The van der Waals surface area contributed by atoms with Gasteiger partial charge in [0.15, 0.2) is 0 Å². The van der Waals surface area contributed by atoms with Crippen LogP contribution in [0.15, 0.2) is 18.3 Å². The van der Waals surface area contributed by atoms with Crippen molar-refractivity contribution in [1.82, 2.24) is 10.3 Å². The maximum atomic E-state index is 11.5. The lowest BCUT2D eigenvalue weighted by atomic mass is 10.3. The normalized spacial score (nSPS) is 9.89. The molecule has 98 valence electrons. The van der Waals surface area contributed by atoms with Crippen LogP contribution in [-0.2, 0) is 4.79 Å². The Hall–Kier alpha value is -2.11. The van der Waals surface area contributed by atoms with Crippen molar-refractivity contribution >= 4 is 17.6 Å². The Balaban J connectivity index is 2.76. The lowest BCUT2D eigenvalue weighted by Gasteiger charge is -2.21. The first-order valence-corrected chi connectivity index (χ1v) is 5.79. The van der Waals surface area contributed by atoms with Crippen molar-refractivity contribution in [3.8, 4) is 0 Å². The Morgan fingerprint density at radius 3 is 2.56 bits per heavy atom. The molecular weight excluding hydrogens is 234 g/mol. The van der Waals surface area contributed by atoms with E-state index in [-0.39, 0.29) is 18.1 Å². The molecule has 1 heterocycles. The fraction of sp³-hybridized carbons (Fsp3) is 0.417. The predicted octanol–water partition coefficient (Wildman–Crippen LogP) is 0.742. The van der Waals surface area contributed by atoms with Crippen LogP contribution in [-0.4, -0.2) is 41.6 Å². The third-order valence-corrected chi connectivity index (χ3v) is 2.42. The molecule has 0 aliphatic rings. The van der Waals surface area contributed by atoms with Crippen LogP contribution in [0.4, 0.5) is 5.69 Å². The number of amides is 1. The molecule has 1 amide bonds. The fourth-order valence-electron chi connectivity index (χ4n) is 1.51. The van der Waals surface area contributed by atoms with E-state index in [0.29, 0.717) is 13.1 Å². The number of carboxylic acids is 1. The van der Waals surface area contributed by atoms with Crippen LogP contribution in [0.25, 0.3) is 0 Å². The minimum absolute atomic E-state index is 0.00665. The molecule has 1 aromatic rings. The molecule has 0 spiro atoms. The molecule has 0 fully saturated rings. The van der Waals surface area contributed by atoms with E-state index in [0.717, 1.165) is 5.69 Å². The number of likely N-dealkylation sites (N-methyl/N-ethyl adjacent to an activating group) is 2. The quantitative estimate of drug-likeness (QED) is 0.779. The van der Waals surface area contributed by atoms with E-state index in [1.54, 1.807) is 6.07 Å². The summed E-state index contributed by atoms with van der Waals surface area (Å²) in [4.78, 5) is 27.8. The van der Waals surface area contributed by atoms with Gasteiger partial charge >= 0.3 is 5.97 Å². The van der Waals surface area contributed by atoms with Gasteiger partial charge in [0.1, 0.15) is 5.69 Å². The number of aromatic nitrogens is 1. The van der Waals surface area contributed by atoms with Crippen LogP contribution in [0.1, 0.15) is 24.3 Å². The molecule has 1 rings (SSSR count). The zero-order valence-corrected chi connectivity index (χ0v) is 10.5. The fourth-order valence-corrected chi connectivity index (χ4v) is 1.51. The Labute approximate surface area is 106 Å². The smallest absolute Gasteiger partial charge is 0.354 e. The minimum atomic E-state index is -1.06. The number of hydrogen-bond acceptors (Lipinski definition) is 4. The number of carboxylic acid groups (broad SMARTS) is 1. The number of rotatable bonds is 6. The summed E-state index contributed by atoms with van der Waals surface area (Å²) >= 11 is 0. The molecule has 0 saturated carbocycles. The molecule has 0 bridgehead atoms. The average Bonchev–Trinajstić information content (AvgIpc) is 2.36. The first kappa shape index (κ1) is 14.0. The highest BCUT2D eigenvalue weighted by Gasteiger charge is 2.11. The van der Waals surface area contributed by atoms with Crippen molar-refractivity contribution in [2.24, 2.45) is 0 Å². The molecule has 18 heavy (non-hydrogen) atoms. The molecule has 6 heteroatoms. The highest BCUT2D eigenvalue weighted by Crippen LogP contribution is 2.12. The molecule has 1 aromatic heterocycles. The first-order chi connectivity index (χ1) is 8.58. The van der Waals surface area contributed by atoms with E-state index >= 15 is 0 Å². The lowest BCUT2D eigenvalue weighted by Crippen LogP contribution is -2.37. The molecular formula is C12H17N3O3. The van der Waals surface area contributed by atoms with Gasteiger partial charge in [-0.3, -0.25) is 4.79 Å². The topological polar surface area (TPSA) is 82.5 Å². The number of nitrogens with one attached hydrogen (secondary N) is 1. The summed E-state index contributed by atoms with van der Waals surface area (Å²) < 4.78 is 0. The van der Waals surface area contributed by atoms with E-state index in [1.165, 1.54) is 12.3 Å². The Bertz CT molecular complexity index is 417. The van der Waals surface area contributed by atoms with Crippen LogP contribution in [0.5, 0.6) is 0 Å². The molecule has 0 aliphatic carbocycles. The van der Waals surface area contributed by atoms with Crippen LogP contribution >= 0.6 is 0 Å². The molecule has 0 atom stereocenters. The molecule has 0 saturated heterocycles. The summed E-state index contributed by atoms with van der Waals surface area (Å²) in [6.45, 7) is 5.25. The van der Waals surface area contributed by atoms with Gasteiger partial charge in [-0.05, 0) is 26.0 Å². The second-order valence-electron chi connectivity index (χ2n) is 3.67. The lowest BCUT2D eigenvalue weighted by molar-refractivity contribution is -0.119. The summed E-state index contributed by atoms with van der Waals surface area (Å²) in [6, 6.07) is 3.08. The summed E-state index contributed by atoms with van der Waals surface area (Å²) in [5.74, 6) is -1.13. The van der Waals surface area contributed by atoms with Crippen LogP contribution in [0, 0.1) is 0 Å². The van der Waals surface area contributed by atoms with E-state index in [1.807, 2.05) is 18.7 Å². The third-order valence-electron chi connectivity index (χ3n) is 2.42. The van der Waals surface area contributed by atoms with Gasteiger partial charge in [0, 0.05) is 13.1 Å². The van der Waals surface area contributed by atoms with Gasteiger partial charge in [-0.2, -0.15) is 0 Å². The summed E-state index contributed by atoms with van der Waals surface area (Å²) in [5.41, 5.74) is 0.724. The highest BCUT2D eigenvalue weighted by molar-refractivity contribution is 5.86. The van der Waals surface area contributed by atoms with Crippen LogP contribution in [0.2, 0.25) is 0 Å². The van der Waals surface area contributed by atoms with Crippen molar-refractivity contribution in [1.29, 1.82) is 0 Å². The Morgan fingerprint density at radius 2 is 2.11 bits per heavy atom. The number of aromatic carboxylic acids is 1. The van der Waals surface area contributed by atoms with Crippen molar-refractivity contribution in [3.05, 3.63) is 24.0 Å². The molecule has 0 unspecified atom stereocenters. The number of anilines is 1. The van der Waals surface area contributed by atoms with Gasteiger partial charge in [-0.1, -0.05) is 0 Å². The number of nitrogens with zero attached hydrogens (tertiary/aromatic N) is 2. The maximum Gasteiger partial charge on any atom is 0.354 e. The molecule has 0 radical (unpaired) electrons. The number of hydrogen-bond donors (Lipinski definition) is 2. The summed E-state index contributed by atoms with van der Waals surface area (Å²) in [5, 5.41) is 11.5. The third kappa shape index (κ3) is 3.73. The zero-order chi connectivity index (χ0) is 13.5. The average molecular weight is 251 g/mol. The summed E-state index contributed by atoms with van der Waals surface area (Å²) in [7, 11) is 0. The van der Waals surface area contributed by atoms with Gasteiger partial charge in [-0.15, -0.1) is 0 Å². The van der Waals surface area contributed by atoms with E-state index < -0.39 is 5.97 Å². The van der Waals surface area contributed by atoms with Crippen molar-refractivity contribution < 1.29 is 14.7 Å². The van der Waals surface area contributed by atoms with Crippen molar-refractivity contribution in [3.63, 3.8) is 0 Å². The standard InChI is InChI=1S/C12H17N3O3/c1-3-13-11(16)8-15(4-2)9-5-6-10(12(17)18)14-7-9/h5-7H,3-4,8H2,1-2H3,(H,13,16)(H,17,18). The number of carbonyl (C=O) groups excluding carboxylic acids is 1. The second kappa shape index (κ2) is 6.58. The Kier molecular flexibility index (Phi) is 5.10. The predicted molar refractivity (Wildman–Crippen MR) is 67.8 cm³/mol. The molecule has 6 nitrogen and oxygen atoms in total. The SMILES string of the molecule is CCNC(=O)CN(CC)c1ccc(C(=O)O)nc1. The van der Waals surface area contributed by atoms with Gasteiger partial charge in [0.2, 0.25) is 5.91 Å². The zero-order valence-electron chi connectivity index (χ0n) is 10.5. The monoisotopic (exact) mass is 251 g/mol. The van der Waals surface area contributed by atoms with Gasteiger partial charge in [-0.25, -0.2) is 9.78 Å². The van der Waals surface area contributed by atoms with Gasteiger partial charge < -0.3 is 15.3 Å². The van der Waals surface area contributed by atoms with Crippen molar-refractivity contribution in [2.75, 3.05) is 24.5 Å². The first-order valence-electron chi connectivity index (χ1n) is 5.79. The number of pyridine rings is 1. The largest absolute Gasteiger partial charge is 0.477 e. The maximum absolute atomic E-state index is 11.5. The van der Waals surface area contributed by atoms with E-state index in [4.69, 9.17) is 5.11 Å². The summed E-state index contributed by atoms with van der Waals surface area (Å²) in [6.07, 6.45) is 1.46. The van der Waals surface area contributed by atoms with E-state index in [2.05, 4.69) is 10.3 Å². The van der Waals surface area contributed by atoms with E-state index in [9.17, 15) is 9.59 Å².